The third kappa shape index (κ3) is 5.02. The van der Waals surface area contributed by atoms with Crippen molar-refractivity contribution in [3.05, 3.63) is 29.3 Å². The number of ether oxygens (including phenoxy) is 1. The predicted octanol–water partition coefficient (Wildman–Crippen LogP) is 2.53. The van der Waals surface area contributed by atoms with Crippen molar-refractivity contribution in [2.45, 2.75) is 44.2 Å². The van der Waals surface area contributed by atoms with Crippen molar-refractivity contribution in [3.63, 3.8) is 0 Å². The number of hydrogen-bond donors (Lipinski definition) is 2. The molecular weight excluding hydrogens is 278 g/mol. The van der Waals surface area contributed by atoms with Gasteiger partial charge in [0.05, 0.1) is 19.1 Å². The van der Waals surface area contributed by atoms with Crippen molar-refractivity contribution >= 4 is 17.5 Å². The Balaban J connectivity index is 1.64. The standard InChI is InChI=1S/C15H20ClNO3/c16-11-1-7-14(8-2-11)20-10-9-15(19)17-12-3-5-13(18)6-4-12/h1-2,7-8,12-13,18H,3-6,9-10H2,(H,17,19). The van der Waals surface area contributed by atoms with E-state index in [4.69, 9.17) is 16.3 Å². The maximum absolute atomic E-state index is 11.8. The molecule has 0 aliphatic heterocycles. The summed E-state index contributed by atoms with van der Waals surface area (Å²) < 4.78 is 5.48. The van der Waals surface area contributed by atoms with Gasteiger partial charge >= 0.3 is 0 Å². The molecular formula is C15H20ClNO3. The fraction of sp³-hybridized carbons (Fsp3) is 0.533. The lowest BCUT2D eigenvalue weighted by molar-refractivity contribution is -0.122. The molecule has 4 nitrogen and oxygen atoms in total. The number of halogens is 1. The van der Waals surface area contributed by atoms with Gasteiger partial charge in [-0.15, -0.1) is 0 Å². The Morgan fingerprint density at radius 3 is 2.55 bits per heavy atom. The van der Waals surface area contributed by atoms with Gasteiger partial charge in [-0.25, -0.2) is 0 Å². The second-order valence-electron chi connectivity index (χ2n) is 5.13. The zero-order valence-corrected chi connectivity index (χ0v) is 12.1. The van der Waals surface area contributed by atoms with Crippen LogP contribution in [0.4, 0.5) is 0 Å². The molecule has 0 bridgehead atoms. The van der Waals surface area contributed by atoms with E-state index in [-0.39, 0.29) is 18.1 Å². The zero-order chi connectivity index (χ0) is 14.4. The summed E-state index contributed by atoms with van der Waals surface area (Å²) in [6, 6.07) is 7.27. The minimum absolute atomic E-state index is 0.000327. The van der Waals surface area contributed by atoms with Crippen molar-refractivity contribution in [3.8, 4) is 5.75 Å². The molecule has 1 fully saturated rings. The molecule has 1 aromatic carbocycles. The lowest BCUT2D eigenvalue weighted by Crippen LogP contribution is -2.39. The molecule has 0 heterocycles. The fourth-order valence-corrected chi connectivity index (χ4v) is 2.44. The lowest BCUT2D eigenvalue weighted by Gasteiger charge is -2.26. The molecule has 110 valence electrons. The van der Waals surface area contributed by atoms with Crippen molar-refractivity contribution in [1.29, 1.82) is 0 Å². The van der Waals surface area contributed by atoms with E-state index in [0.717, 1.165) is 25.7 Å². The third-order valence-electron chi connectivity index (χ3n) is 3.47. The Morgan fingerprint density at radius 1 is 1.25 bits per heavy atom. The molecule has 1 aliphatic carbocycles. The van der Waals surface area contributed by atoms with E-state index < -0.39 is 0 Å². The monoisotopic (exact) mass is 297 g/mol. The molecule has 0 atom stereocenters. The number of nitrogens with one attached hydrogen (secondary N) is 1. The van der Waals surface area contributed by atoms with E-state index in [2.05, 4.69) is 5.32 Å². The Kier molecular flexibility index (Phi) is 5.68. The van der Waals surface area contributed by atoms with Crippen LogP contribution in [0.1, 0.15) is 32.1 Å². The molecule has 2 rings (SSSR count). The second-order valence-corrected chi connectivity index (χ2v) is 5.56. The van der Waals surface area contributed by atoms with Crippen LogP contribution in [-0.4, -0.2) is 29.8 Å². The first-order valence-electron chi connectivity index (χ1n) is 6.99. The van der Waals surface area contributed by atoms with Crippen molar-refractivity contribution in [2.75, 3.05) is 6.61 Å². The smallest absolute Gasteiger partial charge is 0.223 e. The van der Waals surface area contributed by atoms with Crippen molar-refractivity contribution < 1.29 is 14.6 Å². The van der Waals surface area contributed by atoms with Crippen LogP contribution in [-0.2, 0) is 4.79 Å². The van der Waals surface area contributed by atoms with Crippen LogP contribution in [0, 0.1) is 0 Å². The molecule has 0 saturated heterocycles. The summed E-state index contributed by atoms with van der Waals surface area (Å²) in [7, 11) is 0. The van der Waals surface area contributed by atoms with E-state index in [0.29, 0.717) is 23.8 Å². The second kappa shape index (κ2) is 7.50. The first kappa shape index (κ1) is 15.1. The molecule has 0 unspecified atom stereocenters. The van der Waals surface area contributed by atoms with Gasteiger partial charge < -0.3 is 15.2 Å². The summed E-state index contributed by atoms with van der Waals surface area (Å²) >= 11 is 5.78. The van der Waals surface area contributed by atoms with Crippen LogP contribution < -0.4 is 10.1 Å². The number of aliphatic hydroxyl groups is 1. The van der Waals surface area contributed by atoms with Crippen molar-refractivity contribution in [2.24, 2.45) is 0 Å². The molecule has 0 spiro atoms. The SMILES string of the molecule is O=C(CCOc1ccc(Cl)cc1)NC1CCC(O)CC1. The minimum atomic E-state index is -0.198. The van der Waals surface area contributed by atoms with Crippen LogP contribution in [0.5, 0.6) is 5.75 Å². The predicted molar refractivity (Wildman–Crippen MR) is 78.0 cm³/mol. The highest BCUT2D eigenvalue weighted by Gasteiger charge is 2.20. The molecule has 5 heteroatoms. The van der Waals surface area contributed by atoms with Gasteiger partial charge in [-0.1, -0.05) is 11.6 Å². The molecule has 0 radical (unpaired) electrons. The van der Waals surface area contributed by atoms with Crippen LogP contribution in [0.2, 0.25) is 5.02 Å². The summed E-state index contributed by atoms with van der Waals surface area (Å²) in [6.45, 7) is 0.350. The van der Waals surface area contributed by atoms with Gasteiger partial charge in [-0.05, 0) is 49.9 Å². The summed E-state index contributed by atoms with van der Waals surface area (Å²) in [6.07, 6.45) is 3.38. The third-order valence-corrected chi connectivity index (χ3v) is 3.73. The summed E-state index contributed by atoms with van der Waals surface area (Å²) in [4.78, 5) is 11.8. The Bertz CT molecular complexity index is 427. The number of carbonyl (C=O) groups excluding carboxylic acids is 1. The van der Waals surface area contributed by atoms with Gasteiger partial charge in [0.2, 0.25) is 5.91 Å². The summed E-state index contributed by atoms with van der Waals surface area (Å²) in [5.41, 5.74) is 0. The maximum atomic E-state index is 11.8. The average Bonchev–Trinajstić information content (AvgIpc) is 2.44. The first-order chi connectivity index (χ1) is 9.63. The molecule has 20 heavy (non-hydrogen) atoms. The Morgan fingerprint density at radius 2 is 1.90 bits per heavy atom. The molecule has 1 aromatic rings. The molecule has 0 aromatic heterocycles. The van der Waals surface area contributed by atoms with Crippen LogP contribution >= 0.6 is 11.6 Å². The molecule has 1 aliphatic rings. The maximum Gasteiger partial charge on any atom is 0.223 e. The highest BCUT2D eigenvalue weighted by Crippen LogP contribution is 2.18. The van der Waals surface area contributed by atoms with Gasteiger partial charge in [0.15, 0.2) is 0 Å². The number of carbonyl (C=O) groups is 1. The van der Waals surface area contributed by atoms with Crippen molar-refractivity contribution in [1.82, 2.24) is 5.32 Å². The number of hydrogen-bond acceptors (Lipinski definition) is 3. The zero-order valence-electron chi connectivity index (χ0n) is 11.3. The Hall–Kier alpha value is -1.26. The van der Waals surface area contributed by atoms with Gasteiger partial charge in [-0.3, -0.25) is 4.79 Å². The van der Waals surface area contributed by atoms with Crippen LogP contribution in [0.15, 0.2) is 24.3 Å². The average molecular weight is 298 g/mol. The fourth-order valence-electron chi connectivity index (χ4n) is 2.31. The number of aliphatic hydroxyl groups excluding tert-OH is 1. The van der Waals surface area contributed by atoms with Gasteiger partial charge in [-0.2, -0.15) is 0 Å². The topological polar surface area (TPSA) is 58.6 Å². The van der Waals surface area contributed by atoms with Gasteiger partial charge in [0, 0.05) is 11.1 Å². The number of rotatable bonds is 5. The summed E-state index contributed by atoms with van der Waals surface area (Å²) in [5.74, 6) is 0.711. The molecule has 1 amide bonds. The van der Waals surface area contributed by atoms with E-state index in [9.17, 15) is 9.90 Å². The quantitative estimate of drug-likeness (QED) is 0.878. The van der Waals surface area contributed by atoms with Crippen LogP contribution in [0.3, 0.4) is 0 Å². The van der Waals surface area contributed by atoms with Gasteiger partial charge in [0.1, 0.15) is 5.75 Å². The lowest BCUT2D eigenvalue weighted by atomic mass is 9.93. The van der Waals surface area contributed by atoms with E-state index in [1.807, 2.05) is 0 Å². The summed E-state index contributed by atoms with van der Waals surface area (Å²) in [5, 5.41) is 13.1. The number of benzene rings is 1. The van der Waals surface area contributed by atoms with E-state index in [1.165, 1.54) is 0 Å². The highest BCUT2D eigenvalue weighted by atomic mass is 35.5. The van der Waals surface area contributed by atoms with Crippen LogP contribution in [0.25, 0.3) is 0 Å². The molecule has 2 N–H and O–H groups in total. The first-order valence-corrected chi connectivity index (χ1v) is 7.37. The Labute approximate surface area is 124 Å². The highest BCUT2D eigenvalue weighted by molar-refractivity contribution is 6.30. The minimum Gasteiger partial charge on any atom is -0.493 e. The number of amides is 1. The van der Waals surface area contributed by atoms with E-state index in [1.54, 1.807) is 24.3 Å². The van der Waals surface area contributed by atoms with E-state index >= 15 is 0 Å². The largest absolute Gasteiger partial charge is 0.493 e. The van der Waals surface area contributed by atoms with Gasteiger partial charge in [0.25, 0.3) is 0 Å². The molecule has 1 saturated carbocycles. The normalized spacial score (nSPS) is 22.3.